The fraction of sp³-hybridized carbons (Fsp3) is 0.308. The fourth-order valence-corrected chi connectivity index (χ4v) is 1.34. The number of carbonyl (C=O) groups is 1. The van der Waals surface area contributed by atoms with Gasteiger partial charge in [0.25, 0.3) is 5.91 Å². The average Bonchev–Trinajstić information content (AvgIpc) is 2.29. The van der Waals surface area contributed by atoms with E-state index in [1.807, 2.05) is 6.92 Å². The Balaban J connectivity index is 2.65. The quantitative estimate of drug-likeness (QED) is 0.595. The van der Waals surface area contributed by atoms with Crippen molar-refractivity contribution in [2.75, 3.05) is 5.73 Å². The number of nitrogen functional groups attached to an aromatic ring is 1. The molecule has 1 atom stereocenters. The Kier molecular flexibility index (Phi) is 4.41. The van der Waals surface area contributed by atoms with E-state index in [0.29, 0.717) is 17.7 Å². The molecule has 0 bridgehead atoms. The van der Waals surface area contributed by atoms with Crippen LogP contribution in [0, 0.1) is 12.3 Å². The number of nitrogens with one attached hydrogen (secondary N) is 1. The summed E-state index contributed by atoms with van der Waals surface area (Å²) in [5, 5.41) is 2.88. The van der Waals surface area contributed by atoms with Crippen molar-refractivity contribution in [3.63, 3.8) is 0 Å². The summed E-state index contributed by atoms with van der Waals surface area (Å²) in [6.07, 6.45) is 6.60. The molecule has 0 aromatic heterocycles. The first kappa shape index (κ1) is 12.1. The maximum absolute atomic E-state index is 11.8. The molecule has 1 rings (SSSR count). The van der Waals surface area contributed by atoms with E-state index in [9.17, 15) is 4.79 Å². The van der Waals surface area contributed by atoms with Gasteiger partial charge in [0.15, 0.2) is 0 Å². The zero-order valence-corrected chi connectivity index (χ0v) is 9.36. The lowest BCUT2D eigenvalue weighted by atomic mass is 10.1. The van der Waals surface area contributed by atoms with Crippen molar-refractivity contribution in [1.82, 2.24) is 5.32 Å². The molecule has 3 N–H and O–H groups in total. The molecule has 3 nitrogen and oxygen atoms in total. The summed E-state index contributed by atoms with van der Waals surface area (Å²) >= 11 is 0. The second-order valence-electron chi connectivity index (χ2n) is 3.61. The molecule has 1 aromatic carbocycles. The molecule has 0 aliphatic rings. The summed E-state index contributed by atoms with van der Waals surface area (Å²) in [4.78, 5) is 11.8. The number of terminal acetylenes is 1. The number of hydrogen-bond acceptors (Lipinski definition) is 2. The van der Waals surface area contributed by atoms with E-state index in [0.717, 1.165) is 6.42 Å². The highest BCUT2D eigenvalue weighted by molar-refractivity contribution is 5.94. The highest BCUT2D eigenvalue weighted by Gasteiger charge is 2.10. The molecule has 0 heterocycles. The number of hydrogen-bond donors (Lipinski definition) is 2. The molecule has 0 aliphatic carbocycles. The Bertz CT molecular complexity index is 389. The van der Waals surface area contributed by atoms with Gasteiger partial charge in [0.05, 0.1) is 0 Å². The van der Waals surface area contributed by atoms with Crippen LogP contribution in [-0.4, -0.2) is 11.9 Å². The fourth-order valence-electron chi connectivity index (χ4n) is 1.34. The van der Waals surface area contributed by atoms with Crippen LogP contribution in [0.1, 0.15) is 30.1 Å². The van der Waals surface area contributed by atoms with Gasteiger partial charge >= 0.3 is 0 Å². The van der Waals surface area contributed by atoms with Crippen LogP contribution in [0.5, 0.6) is 0 Å². The van der Waals surface area contributed by atoms with Crippen molar-refractivity contribution in [3.8, 4) is 12.3 Å². The van der Waals surface area contributed by atoms with Gasteiger partial charge in [-0.05, 0) is 30.7 Å². The van der Waals surface area contributed by atoms with Gasteiger partial charge in [0.2, 0.25) is 0 Å². The number of carbonyl (C=O) groups excluding carboxylic acids is 1. The molecular weight excluding hydrogens is 200 g/mol. The SMILES string of the molecule is C#CCC(CC)NC(=O)c1ccc(N)cc1. The van der Waals surface area contributed by atoms with Crippen molar-refractivity contribution < 1.29 is 4.79 Å². The number of amides is 1. The summed E-state index contributed by atoms with van der Waals surface area (Å²) < 4.78 is 0. The lowest BCUT2D eigenvalue weighted by molar-refractivity contribution is 0.0936. The summed E-state index contributed by atoms with van der Waals surface area (Å²) in [5.74, 6) is 2.44. The number of rotatable bonds is 4. The van der Waals surface area contributed by atoms with Crippen LogP contribution in [0.4, 0.5) is 5.69 Å². The minimum atomic E-state index is -0.109. The molecular formula is C13H16N2O. The van der Waals surface area contributed by atoms with Crippen LogP contribution in [0.3, 0.4) is 0 Å². The van der Waals surface area contributed by atoms with Gasteiger partial charge in [-0.2, -0.15) is 0 Å². The molecule has 1 amide bonds. The predicted octanol–water partition coefficient (Wildman–Crippen LogP) is 1.80. The number of benzene rings is 1. The molecule has 84 valence electrons. The maximum atomic E-state index is 11.8. The van der Waals surface area contributed by atoms with Gasteiger partial charge in [-0.25, -0.2) is 0 Å². The minimum Gasteiger partial charge on any atom is -0.399 e. The van der Waals surface area contributed by atoms with Gasteiger partial charge in [0, 0.05) is 23.7 Å². The maximum Gasteiger partial charge on any atom is 0.251 e. The first-order valence-corrected chi connectivity index (χ1v) is 5.27. The van der Waals surface area contributed by atoms with Crippen LogP contribution in [0.25, 0.3) is 0 Å². The molecule has 0 saturated carbocycles. The summed E-state index contributed by atoms with van der Waals surface area (Å²) in [7, 11) is 0. The van der Waals surface area contributed by atoms with Crippen LogP contribution >= 0.6 is 0 Å². The highest BCUT2D eigenvalue weighted by Crippen LogP contribution is 2.06. The lowest BCUT2D eigenvalue weighted by Gasteiger charge is -2.14. The summed E-state index contributed by atoms with van der Waals surface area (Å²) in [6, 6.07) is 6.85. The van der Waals surface area contributed by atoms with Gasteiger partial charge in [-0.15, -0.1) is 12.3 Å². The van der Waals surface area contributed by atoms with Crippen molar-refractivity contribution in [1.29, 1.82) is 0 Å². The van der Waals surface area contributed by atoms with Gasteiger partial charge in [0.1, 0.15) is 0 Å². The first-order valence-electron chi connectivity index (χ1n) is 5.27. The average molecular weight is 216 g/mol. The monoisotopic (exact) mass is 216 g/mol. The normalized spacial score (nSPS) is 11.5. The van der Waals surface area contributed by atoms with E-state index < -0.39 is 0 Å². The molecule has 0 radical (unpaired) electrons. The lowest BCUT2D eigenvalue weighted by Crippen LogP contribution is -2.34. The Morgan fingerprint density at radius 2 is 2.12 bits per heavy atom. The standard InChI is InChI=1S/C13H16N2O/c1-3-5-12(4-2)15-13(16)10-6-8-11(14)9-7-10/h1,6-9,12H,4-5,14H2,2H3,(H,15,16). The molecule has 3 heteroatoms. The second kappa shape index (κ2) is 5.82. The Hall–Kier alpha value is -1.95. The van der Waals surface area contributed by atoms with Crippen LogP contribution < -0.4 is 11.1 Å². The zero-order chi connectivity index (χ0) is 12.0. The van der Waals surface area contributed by atoms with Gasteiger partial charge in [-0.1, -0.05) is 6.92 Å². The minimum absolute atomic E-state index is 0.0371. The Morgan fingerprint density at radius 3 is 2.62 bits per heavy atom. The molecule has 0 saturated heterocycles. The third-order valence-electron chi connectivity index (χ3n) is 2.37. The van der Waals surface area contributed by atoms with E-state index in [1.54, 1.807) is 24.3 Å². The molecule has 1 unspecified atom stereocenters. The summed E-state index contributed by atoms with van der Waals surface area (Å²) in [5.41, 5.74) is 6.79. The third-order valence-corrected chi connectivity index (χ3v) is 2.37. The highest BCUT2D eigenvalue weighted by atomic mass is 16.1. The van der Waals surface area contributed by atoms with Crippen LogP contribution in [0.15, 0.2) is 24.3 Å². The van der Waals surface area contributed by atoms with E-state index >= 15 is 0 Å². The smallest absolute Gasteiger partial charge is 0.251 e. The van der Waals surface area contributed by atoms with Crippen molar-refractivity contribution in [2.24, 2.45) is 0 Å². The van der Waals surface area contributed by atoms with Crippen molar-refractivity contribution in [2.45, 2.75) is 25.8 Å². The third kappa shape index (κ3) is 3.32. The molecule has 1 aromatic rings. The largest absolute Gasteiger partial charge is 0.399 e. The van der Waals surface area contributed by atoms with Crippen molar-refractivity contribution >= 4 is 11.6 Å². The van der Waals surface area contributed by atoms with Gasteiger partial charge < -0.3 is 11.1 Å². The van der Waals surface area contributed by atoms with E-state index in [4.69, 9.17) is 12.2 Å². The number of nitrogens with two attached hydrogens (primary N) is 1. The van der Waals surface area contributed by atoms with E-state index in [2.05, 4.69) is 11.2 Å². The first-order chi connectivity index (χ1) is 7.67. The predicted molar refractivity (Wildman–Crippen MR) is 65.8 cm³/mol. The number of anilines is 1. The Morgan fingerprint density at radius 1 is 1.50 bits per heavy atom. The molecule has 0 fully saturated rings. The zero-order valence-electron chi connectivity index (χ0n) is 9.36. The molecule has 0 aliphatic heterocycles. The van der Waals surface area contributed by atoms with Crippen LogP contribution in [-0.2, 0) is 0 Å². The van der Waals surface area contributed by atoms with E-state index in [1.165, 1.54) is 0 Å². The van der Waals surface area contributed by atoms with E-state index in [-0.39, 0.29) is 11.9 Å². The summed E-state index contributed by atoms with van der Waals surface area (Å²) in [6.45, 7) is 1.99. The Labute approximate surface area is 96.0 Å². The van der Waals surface area contributed by atoms with Crippen LogP contribution in [0.2, 0.25) is 0 Å². The van der Waals surface area contributed by atoms with Crippen molar-refractivity contribution in [3.05, 3.63) is 29.8 Å². The topological polar surface area (TPSA) is 55.1 Å². The van der Waals surface area contributed by atoms with Gasteiger partial charge in [-0.3, -0.25) is 4.79 Å². The molecule has 16 heavy (non-hydrogen) atoms. The second-order valence-corrected chi connectivity index (χ2v) is 3.61. The molecule has 0 spiro atoms.